The number of phosphoric acid groups is 2. The molecule has 0 aromatic heterocycles. The fourth-order valence-corrected chi connectivity index (χ4v) is 14.8. The molecule has 0 fully saturated rings. The minimum Gasteiger partial charge on any atom is -0.462 e. The van der Waals surface area contributed by atoms with Gasteiger partial charge in [-0.25, -0.2) is 9.13 Å². The Kier molecular flexibility index (Phi) is 75.0. The highest BCUT2D eigenvalue weighted by Crippen LogP contribution is 2.45. The lowest BCUT2D eigenvalue weighted by atomic mass is 9.99. The van der Waals surface area contributed by atoms with Crippen molar-refractivity contribution in [3.05, 3.63) is 0 Å². The van der Waals surface area contributed by atoms with Crippen LogP contribution in [0.3, 0.4) is 0 Å². The fourth-order valence-electron chi connectivity index (χ4n) is 13.2. The summed E-state index contributed by atoms with van der Waals surface area (Å²) in [5.74, 6) is -0.524. The van der Waals surface area contributed by atoms with E-state index in [0.717, 1.165) is 102 Å². The Morgan fingerprint density at radius 2 is 0.490 bits per heavy atom. The first kappa shape index (κ1) is 102. The minimum absolute atomic E-state index is 0.106. The molecule has 0 aliphatic rings. The Labute approximate surface area is 638 Å². The molecule has 0 amide bonds. The van der Waals surface area contributed by atoms with Crippen molar-refractivity contribution >= 4 is 39.5 Å². The largest absolute Gasteiger partial charge is 0.472 e. The molecule has 104 heavy (non-hydrogen) atoms. The van der Waals surface area contributed by atoms with E-state index in [1.165, 1.54) is 270 Å². The van der Waals surface area contributed by atoms with Crippen LogP contribution in [0, 0.1) is 11.8 Å². The van der Waals surface area contributed by atoms with E-state index in [9.17, 15) is 43.2 Å². The van der Waals surface area contributed by atoms with Crippen molar-refractivity contribution in [3.63, 3.8) is 0 Å². The molecule has 19 heteroatoms. The van der Waals surface area contributed by atoms with Gasteiger partial charge in [-0.3, -0.25) is 37.3 Å². The number of aliphatic hydroxyl groups is 1. The Hall–Kier alpha value is -1.94. The summed E-state index contributed by atoms with van der Waals surface area (Å²) in [6.45, 7) is 9.68. The van der Waals surface area contributed by atoms with Crippen LogP contribution in [0.1, 0.15) is 452 Å². The Morgan fingerprint density at radius 3 is 0.731 bits per heavy atom. The Balaban J connectivity index is 5.21. The van der Waals surface area contributed by atoms with Gasteiger partial charge in [0.1, 0.15) is 19.3 Å². The number of unbranched alkanes of at least 4 members (excludes halogenated alkanes) is 53. The van der Waals surface area contributed by atoms with Crippen LogP contribution in [-0.2, 0) is 65.4 Å². The molecule has 6 atom stereocenters. The minimum atomic E-state index is -4.97. The van der Waals surface area contributed by atoms with Gasteiger partial charge in [0.15, 0.2) is 12.2 Å². The second kappa shape index (κ2) is 76.4. The molecule has 3 N–H and O–H groups in total. The zero-order valence-corrected chi connectivity index (χ0v) is 70.1. The SMILES string of the molecule is CCCCCCCCCCCCCCCCCCCCCCCCC(=O)O[C@H](COC(=O)CCCCCCCCCCCCCCCCCCC(C)C)COP(=O)(O)OC[C@@H](O)COP(=O)(O)OC[C@@H](COC(=O)CCCCCCCCCCCCC)OC(=O)CCCCCCCCCCC(C)CC. The summed E-state index contributed by atoms with van der Waals surface area (Å²) in [7, 11) is -9.92. The average molecular weight is 1520 g/mol. The van der Waals surface area contributed by atoms with Crippen LogP contribution in [0.5, 0.6) is 0 Å². The van der Waals surface area contributed by atoms with Crippen LogP contribution in [0.2, 0.25) is 0 Å². The molecule has 0 aromatic carbocycles. The first-order valence-electron chi connectivity index (χ1n) is 44.0. The van der Waals surface area contributed by atoms with E-state index in [4.69, 9.17) is 37.0 Å². The third-order valence-electron chi connectivity index (χ3n) is 20.3. The van der Waals surface area contributed by atoms with E-state index in [0.29, 0.717) is 25.7 Å². The normalized spacial score (nSPS) is 14.1. The zero-order valence-electron chi connectivity index (χ0n) is 68.3. The third kappa shape index (κ3) is 76.8. The monoisotopic (exact) mass is 1520 g/mol. The molecule has 0 heterocycles. The van der Waals surface area contributed by atoms with Gasteiger partial charge in [-0.15, -0.1) is 0 Å². The maximum absolute atomic E-state index is 13.1. The maximum atomic E-state index is 13.1. The number of hydrogen-bond acceptors (Lipinski definition) is 15. The second-order valence-corrected chi connectivity index (χ2v) is 34.2. The highest BCUT2D eigenvalue weighted by Gasteiger charge is 2.30. The van der Waals surface area contributed by atoms with Crippen molar-refractivity contribution in [1.82, 2.24) is 0 Å². The molecule has 0 spiro atoms. The predicted octanol–water partition coefficient (Wildman–Crippen LogP) is 25.8. The summed E-state index contributed by atoms with van der Waals surface area (Å²) in [6, 6.07) is 0. The summed E-state index contributed by atoms with van der Waals surface area (Å²) < 4.78 is 68.8. The lowest BCUT2D eigenvalue weighted by Gasteiger charge is -2.21. The second-order valence-electron chi connectivity index (χ2n) is 31.3. The van der Waals surface area contributed by atoms with Crippen molar-refractivity contribution in [2.45, 2.75) is 471 Å². The number of rotatable bonds is 84. The van der Waals surface area contributed by atoms with Crippen LogP contribution in [0.15, 0.2) is 0 Å². The number of hydrogen-bond donors (Lipinski definition) is 3. The van der Waals surface area contributed by atoms with E-state index in [-0.39, 0.29) is 25.7 Å². The van der Waals surface area contributed by atoms with Gasteiger partial charge in [0.2, 0.25) is 0 Å². The molecule has 0 aliphatic heterocycles. The lowest BCUT2D eigenvalue weighted by Crippen LogP contribution is -2.30. The molecular weight excluding hydrogens is 1350 g/mol. The van der Waals surface area contributed by atoms with E-state index in [2.05, 4.69) is 41.5 Å². The topological polar surface area (TPSA) is 237 Å². The highest BCUT2D eigenvalue weighted by atomic mass is 31.2. The van der Waals surface area contributed by atoms with Gasteiger partial charge in [-0.1, -0.05) is 401 Å². The van der Waals surface area contributed by atoms with E-state index in [1.807, 2.05) is 0 Å². The van der Waals surface area contributed by atoms with E-state index in [1.54, 1.807) is 0 Å². The molecule has 17 nitrogen and oxygen atoms in total. The van der Waals surface area contributed by atoms with Crippen LogP contribution in [0.25, 0.3) is 0 Å². The number of phosphoric ester groups is 2. The van der Waals surface area contributed by atoms with Crippen LogP contribution in [-0.4, -0.2) is 96.7 Å². The van der Waals surface area contributed by atoms with Gasteiger partial charge in [-0.05, 0) is 37.5 Å². The number of carbonyl (C=O) groups excluding carboxylic acids is 4. The molecule has 0 aliphatic carbocycles. The molecule has 0 rings (SSSR count). The third-order valence-corrected chi connectivity index (χ3v) is 22.2. The van der Waals surface area contributed by atoms with Crippen LogP contribution >= 0.6 is 15.6 Å². The van der Waals surface area contributed by atoms with E-state index >= 15 is 0 Å². The molecule has 618 valence electrons. The molecule has 0 radical (unpaired) electrons. The van der Waals surface area contributed by atoms with Crippen LogP contribution in [0.4, 0.5) is 0 Å². The number of esters is 4. The van der Waals surface area contributed by atoms with Gasteiger partial charge in [-0.2, -0.15) is 0 Å². The smallest absolute Gasteiger partial charge is 0.462 e. The Morgan fingerprint density at radius 1 is 0.279 bits per heavy atom. The highest BCUT2D eigenvalue weighted by molar-refractivity contribution is 7.47. The number of ether oxygens (including phenoxy) is 4. The first-order chi connectivity index (χ1) is 50.4. The average Bonchev–Trinajstić information content (AvgIpc) is 0.906. The predicted molar refractivity (Wildman–Crippen MR) is 428 cm³/mol. The quantitative estimate of drug-likeness (QED) is 0.0222. The van der Waals surface area contributed by atoms with Crippen molar-refractivity contribution in [3.8, 4) is 0 Å². The molecule has 0 saturated carbocycles. The standard InChI is InChI=1S/C85H166O17P2/c1-7-10-12-14-16-18-20-21-22-23-24-25-26-27-28-33-36-40-44-51-57-63-69-84(89)101-80(73-96-83(88)68-62-56-50-43-39-35-32-30-29-31-34-38-41-47-53-59-65-77(4)5)75-99-103(91,92)97-71-79(86)72-98-104(93,94)100-76-81(74-95-82(87)67-61-55-49-42-37-19-17-15-13-11-8-2)102-85(90)70-64-58-52-46-45-48-54-60-66-78(6)9-3/h77-81,86H,7-76H2,1-6H3,(H,91,92)(H,93,94)/t78?,79-,80-,81-/m1/s1. The molecule has 0 bridgehead atoms. The van der Waals surface area contributed by atoms with Gasteiger partial charge < -0.3 is 33.8 Å². The van der Waals surface area contributed by atoms with Gasteiger partial charge in [0.25, 0.3) is 0 Å². The summed E-state index contributed by atoms with van der Waals surface area (Å²) in [5, 5.41) is 10.7. The number of aliphatic hydroxyl groups excluding tert-OH is 1. The van der Waals surface area contributed by atoms with Gasteiger partial charge >= 0.3 is 39.5 Å². The molecule has 0 aromatic rings. The van der Waals surface area contributed by atoms with Crippen molar-refractivity contribution in [2.75, 3.05) is 39.6 Å². The summed E-state index contributed by atoms with van der Waals surface area (Å²) in [5.41, 5.74) is 0. The number of carbonyl (C=O) groups is 4. The summed E-state index contributed by atoms with van der Waals surface area (Å²) >= 11 is 0. The molecule has 3 unspecified atom stereocenters. The summed E-state index contributed by atoms with van der Waals surface area (Å²) in [4.78, 5) is 73.1. The van der Waals surface area contributed by atoms with Crippen molar-refractivity contribution in [2.24, 2.45) is 11.8 Å². The van der Waals surface area contributed by atoms with Gasteiger partial charge in [0, 0.05) is 25.7 Å². The fraction of sp³-hybridized carbons (Fsp3) is 0.953. The lowest BCUT2D eigenvalue weighted by molar-refractivity contribution is -0.161. The summed E-state index contributed by atoms with van der Waals surface area (Å²) in [6.07, 6.45) is 68.1. The maximum Gasteiger partial charge on any atom is 0.472 e. The Bertz CT molecular complexity index is 2000. The van der Waals surface area contributed by atoms with Crippen LogP contribution < -0.4 is 0 Å². The zero-order chi connectivity index (χ0) is 76.4. The van der Waals surface area contributed by atoms with Crippen molar-refractivity contribution in [1.29, 1.82) is 0 Å². The van der Waals surface area contributed by atoms with Gasteiger partial charge in [0.05, 0.1) is 26.4 Å². The first-order valence-corrected chi connectivity index (χ1v) is 47.0. The molecule has 0 saturated heterocycles. The van der Waals surface area contributed by atoms with E-state index < -0.39 is 97.5 Å². The molecular formula is C85H166O17P2. The van der Waals surface area contributed by atoms with Crippen molar-refractivity contribution < 1.29 is 80.2 Å².